The minimum absolute atomic E-state index is 0.289. The van der Waals surface area contributed by atoms with E-state index in [9.17, 15) is 4.39 Å². The Morgan fingerprint density at radius 3 is 2.61 bits per heavy atom. The van der Waals surface area contributed by atoms with Gasteiger partial charge in [0.1, 0.15) is 5.82 Å². The first-order chi connectivity index (χ1) is 8.61. The fraction of sp³-hybridized carbons (Fsp3) is 0.500. The Hall–Kier alpha value is -1.44. The Bertz CT molecular complexity index is 413. The first-order valence-electron chi connectivity index (χ1n) is 5.97. The molecule has 0 atom stereocenters. The molecule has 0 radical (unpaired) electrons. The average molecular weight is 251 g/mol. The van der Waals surface area contributed by atoms with Crippen LogP contribution in [-0.2, 0) is 16.1 Å². The average Bonchev–Trinajstić information content (AvgIpc) is 2.32. The Kier molecular flexibility index (Phi) is 6.34. The SMILES string of the molecule is CC(C)COCCOCc1cc(F)cc(C#N)c1. The molecule has 4 heteroatoms. The molecule has 1 aromatic carbocycles. The van der Waals surface area contributed by atoms with E-state index in [1.165, 1.54) is 12.1 Å². The summed E-state index contributed by atoms with van der Waals surface area (Å²) in [4.78, 5) is 0. The summed E-state index contributed by atoms with van der Waals surface area (Å²) in [6, 6.07) is 6.11. The second-order valence-electron chi connectivity index (χ2n) is 4.48. The monoisotopic (exact) mass is 251 g/mol. The van der Waals surface area contributed by atoms with Crippen molar-refractivity contribution in [3.63, 3.8) is 0 Å². The van der Waals surface area contributed by atoms with Crippen LogP contribution in [0.1, 0.15) is 25.0 Å². The number of ether oxygens (including phenoxy) is 2. The summed E-state index contributed by atoms with van der Waals surface area (Å²) in [5.41, 5.74) is 0.972. The normalized spacial score (nSPS) is 10.6. The predicted octanol–water partition coefficient (Wildman–Crippen LogP) is 2.89. The Morgan fingerprint density at radius 2 is 1.94 bits per heavy atom. The molecular formula is C14H18FNO2. The maximum absolute atomic E-state index is 13.1. The van der Waals surface area contributed by atoms with Crippen LogP contribution in [0.2, 0.25) is 0 Å². The van der Waals surface area contributed by atoms with Crippen LogP contribution < -0.4 is 0 Å². The maximum atomic E-state index is 13.1. The lowest BCUT2D eigenvalue weighted by molar-refractivity contribution is 0.0314. The second-order valence-corrected chi connectivity index (χ2v) is 4.48. The summed E-state index contributed by atoms with van der Waals surface area (Å²) in [5.74, 6) is 0.0927. The molecule has 0 aliphatic rings. The molecule has 0 amide bonds. The van der Waals surface area contributed by atoms with E-state index >= 15 is 0 Å². The number of halogens is 1. The summed E-state index contributed by atoms with van der Waals surface area (Å²) in [7, 11) is 0. The van der Waals surface area contributed by atoms with Crippen molar-refractivity contribution in [3.8, 4) is 6.07 Å². The summed E-state index contributed by atoms with van der Waals surface area (Å²) in [5, 5.41) is 8.70. The highest BCUT2D eigenvalue weighted by molar-refractivity contribution is 5.33. The molecule has 18 heavy (non-hydrogen) atoms. The second kappa shape index (κ2) is 7.80. The number of hydrogen-bond donors (Lipinski definition) is 0. The zero-order valence-electron chi connectivity index (χ0n) is 10.8. The van der Waals surface area contributed by atoms with Gasteiger partial charge in [0.25, 0.3) is 0 Å². The van der Waals surface area contributed by atoms with Gasteiger partial charge in [-0.15, -0.1) is 0 Å². The van der Waals surface area contributed by atoms with Crippen LogP contribution in [0.25, 0.3) is 0 Å². The molecule has 1 rings (SSSR count). The van der Waals surface area contributed by atoms with Crippen molar-refractivity contribution in [1.82, 2.24) is 0 Å². The molecule has 0 spiro atoms. The van der Waals surface area contributed by atoms with Gasteiger partial charge in [0.2, 0.25) is 0 Å². The van der Waals surface area contributed by atoms with Crippen molar-refractivity contribution in [2.45, 2.75) is 20.5 Å². The Labute approximate surface area is 107 Å². The van der Waals surface area contributed by atoms with Gasteiger partial charge in [-0.2, -0.15) is 5.26 Å². The highest BCUT2D eigenvalue weighted by atomic mass is 19.1. The predicted molar refractivity (Wildman–Crippen MR) is 66.4 cm³/mol. The fourth-order valence-corrected chi connectivity index (χ4v) is 1.43. The third kappa shape index (κ3) is 5.76. The van der Waals surface area contributed by atoms with Gasteiger partial charge in [0.15, 0.2) is 0 Å². The lowest BCUT2D eigenvalue weighted by atomic mass is 10.1. The fourth-order valence-electron chi connectivity index (χ4n) is 1.43. The van der Waals surface area contributed by atoms with Crippen LogP contribution in [0.4, 0.5) is 4.39 Å². The number of hydrogen-bond acceptors (Lipinski definition) is 3. The van der Waals surface area contributed by atoms with Crippen LogP contribution in [0.15, 0.2) is 18.2 Å². The number of nitrogens with zero attached hydrogens (tertiary/aromatic N) is 1. The van der Waals surface area contributed by atoms with Crippen molar-refractivity contribution in [1.29, 1.82) is 5.26 Å². The van der Waals surface area contributed by atoms with Gasteiger partial charge in [-0.05, 0) is 29.7 Å². The molecule has 98 valence electrons. The third-order valence-corrected chi connectivity index (χ3v) is 2.18. The van der Waals surface area contributed by atoms with Crippen molar-refractivity contribution >= 4 is 0 Å². The molecule has 0 N–H and O–H groups in total. The van der Waals surface area contributed by atoms with E-state index in [4.69, 9.17) is 14.7 Å². The van der Waals surface area contributed by atoms with E-state index in [1.54, 1.807) is 6.07 Å². The molecule has 0 fully saturated rings. The van der Waals surface area contributed by atoms with Crippen molar-refractivity contribution < 1.29 is 13.9 Å². The van der Waals surface area contributed by atoms with Crippen LogP contribution in [-0.4, -0.2) is 19.8 Å². The van der Waals surface area contributed by atoms with E-state index in [-0.39, 0.29) is 6.61 Å². The zero-order valence-corrected chi connectivity index (χ0v) is 10.8. The molecule has 0 heterocycles. The minimum Gasteiger partial charge on any atom is -0.379 e. The molecule has 0 aliphatic carbocycles. The van der Waals surface area contributed by atoms with Gasteiger partial charge in [-0.3, -0.25) is 0 Å². The van der Waals surface area contributed by atoms with Gasteiger partial charge < -0.3 is 9.47 Å². The molecule has 0 aliphatic heterocycles. The number of benzene rings is 1. The van der Waals surface area contributed by atoms with Crippen molar-refractivity contribution in [2.75, 3.05) is 19.8 Å². The first-order valence-corrected chi connectivity index (χ1v) is 5.97. The highest BCUT2D eigenvalue weighted by Crippen LogP contribution is 2.09. The van der Waals surface area contributed by atoms with E-state index in [2.05, 4.69) is 13.8 Å². The van der Waals surface area contributed by atoms with Crippen molar-refractivity contribution in [3.05, 3.63) is 35.1 Å². The van der Waals surface area contributed by atoms with Gasteiger partial charge in [-0.1, -0.05) is 13.8 Å². The standard InChI is InChI=1S/C14H18FNO2/c1-11(2)9-17-3-4-18-10-13-5-12(8-16)6-14(15)7-13/h5-7,11H,3-4,9-10H2,1-2H3. The molecular weight excluding hydrogens is 233 g/mol. The number of rotatable bonds is 7. The molecule has 0 bridgehead atoms. The molecule has 0 saturated heterocycles. The summed E-state index contributed by atoms with van der Waals surface area (Å²) in [6.45, 7) is 6.15. The van der Waals surface area contributed by atoms with E-state index in [0.717, 1.165) is 0 Å². The molecule has 1 aromatic rings. The minimum atomic E-state index is -0.413. The lowest BCUT2D eigenvalue weighted by Crippen LogP contribution is -2.08. The van der Waals surface area contributed by atoms with Gasteiger partial charge in [0.05, 0.1) is 31.5 Å². The summed E-state index contributed by atoms with van der Waals surface area (Å²) < 4.78 is 23.8. The van der Waals surface area contributed by atoms with Gasteiger partial charge >= 0.3 is 0 Å². The van der Waals surface area contributed by atoms with Crippen LogP contribution in [0.3, 0.4) is 0 Å². The van der Waals surface area contributed by atoms with Crippen LogP contribution >= 0.6 is 0 Å². The van der Waals surface area contributed by atoms with E-state index in [0.29, 0.717) is 36.9 Å². The molecule has 3 nitrogen and oxygen atoms in total. The zero-order chi connectivity index (χ0) is 13.4. The quantitative estimate of drug-likeness (QED) is 0.700. The van der Waals surface area contributed by atoms with E-state index in [1.807, 2.05) is 6.07 Å². The third-order valence-electron chi connectivity index (χ3n) is 2.18. The Balaban J connectivity index is 2.27. The molecule has 0 unspecified atom stereocenters. The largest absolute Gasteiger partial charge is 0.379 e. The summed E-state index contributed by atoms with van der Waals surface area (Å²) in [6.07, 6.45) is 0. The van der Waals surface area contributed by atoms with Crippen LogP contribution in [0.5, 0.6) is 0 Å². The van der Waals surface area contributed by atoms with Gasteiger partial charge in [0, 0.05) is 6.61 Å². The van der Waals surface area contributed by atoms with Crippen molar-refractivity contribution in [2.24, 2.45) is 5.92 Å². The van der Waals surface area contributed by atoms with Crippen LogP contribution in [0, 0.1) is 23.1 Å². The first kappa shape index (κ1) is 14.6. The lowest BCUT2D eigenvalue weighted by Gasteiger charge is -2.08. The molecule has 0 saturated carbocycles. The molecule has 0 aromatic heterocycles. The smallest absolute Gasteiger partial charge is 0.124 e. The highest BCUT2D eigenvalue weighted by Gasteiger charge is 2.01. The Morgan fingerprint density at radius 1 is 1.22 bits per heavy atom. The van der Waals surface area contributed by atoms with Gasteiger partial charge in [-0.25, -0.2) is 4.39 Å². The topological polar surface area (TPSA) is 42.2 Å². The number of nitriles is 1. The van der Waals surface area contributed by atoms with E-state index < -0.39 is 5.82 Å². The summed E-state index contributed by atoms with van der Waals surface area (Å²) >= 11 is 0. The maximum Gasteiger partial charge on any atom is 0.124 e.